The van der Waals surface area contributed by atoms with Gasteiger partial charge in [0.2, 0.25) is 0 Å². The predicted molar refractivity (Wildman–Crippen MR) is 90.2 cm³/mol. The minimum absolute atomic E-state index is 0.0511. The van der Waals surface area contributed by atoms with E-state index in [1.807, 2.05) is 0 Å². The Balaban J connectivity index is 2.66. The molecular formula is C18H30ClN. The number of alkyl halides is 1. The molecule has 0 aliphatic heterocycles. The van der Waals surface area contributed by atoms with Gasteiger partial charge in [-0.3, -0.25) is 5.32 Å². The molecule has 1 N–H and O–H groups in total. The number of hydrogen-bond acceptors (Lipinski definition) is 1. The van der Waals surface area contributed by atoms with Crippen molar-refractivity contribution >= 4 is 11.6 Å². The molecule has 0 fully saturated rings. The van der Waals surface area contributed by atoms with Crippen molar-refractivity contribution in [3.8, 4) is 0 Å². The maximum absolute atomic E-state index is 6.59. The summed E-state index contributed by atoms with van der Waals surface area (Å²) in [4.78, 5) is 0. The molecule has 2 atom stereocenters. The molecule has 1 aromatic carbocycles. The Morgan fingerprint density at radius 2 is 1.75 bits per heavy atom. The zero-order valence-corrected chi connectivity index (χ0v) is 14.4. The fourth-order valence-electron chi connectivity index (χ4n) is 2.77. The van der Waals surface area contributed by atoms with Gasteiger partial charge < -0.3 is 0 Å². The molecule has 1 aromatic rings. The van der Waals surface area contributed by atoms with Crippen LogP contribution in [0.1, 0.15) is 64.5 Å². The Morgan fingerprint density at radius 3 is 2.30 bits per heavy atom. The minimum atomic E-state index is 0.0511. The van der Waals surface area contributed by atoms with Gasteiger partial charge in [0.05, 0.1) is 5.50 Å². The Labute approximate surface area is 130 Å². The molecule has 0 spiro atoms. The highest BCUT2D eigenvalue weighted by Gasteiger charge is 2.21. The zero-order valence-electron chi connectivity index (χ0n) is 13.6. The monoisotopic (exact) mass is 295 g/mol. The number of halogens is 1. The summed E-state index contributed by atoms with van der Waals surface area (Å²) in [5.41, 5.74) is 2.84. The van der Waals surface area contributed by atoms with Crippen LogP contribution in [0.4, 0.5) is 0 Å². The van der Waals surface area contributed by atoms with Crippen LogP contribution in [-0.2, 0) is 6.54 Å². The first-order valence-electron chi connectivity index (χ1n) is 7.92. The lowest BCUT2D eigenvalue weighted by Crippen LogP contribution is -2.34. The molecule has 0 aromatic heterocycles. The third-order valence-electron chi connectivity index (χ3n) is 4.02. The van der Waals surface area contributed by atoms with Crippen LogP contribution in [0.25, 0.3) is 0 Å². The van der Waals surface area contributed by atoms with Crippen LogP contribution in [0.3, 0.4) is 0 Å². The van der Waals surface area contributed by atoms with Crippen LogP contribution >= 0.6 is 11.6 Å². The maximum atomic E-state index is 6.59. The van der Waals surface area contributed by atoms with Crippen molar-refractivity contribution in [3.05, 3.63) is 35.4 Å². The highest BCUT2D eigenvalue weighted by Crippen LogP contribution is 2.25. The van der Waals surface area contributed by atoms with Gasteiger partial charge >= 0.3 is 0 Å². The molecule has 1 nitrogen and oxygen atoms in total. The van der Waals surface area contributed by atoms with Crippen molar-refractivity contribution in [2.24, 2.45) is 11.8 Å². The fraction of sp³-hybridized carbons (Fsp3) is 0.667. The van der Waals surface area contributed by atoms with E-state index in [1.165, 1.54) is 24.0 Å². The summed E-state index contributed by atoms with van der Waals surface area (Å²) in [6.07, 6.45) is 2.38. The van der Waals surface area contributed by atoms with E-state index in [0.717, 1.165) is 6.54 Å². The third kappa shape index (κ3) is 5.10. The molecule has 1 rings (SSSR count). The van der Waals surface area contributed by atoms with Gasteiger partial charge in [0.25, 0.3) is 0 Å². The molecule has 0 saturated heterocycles. The molecule has 0 aliphatic rings. The first kappa shape index (κ1) is 17.5. The normalized spacial score (nSPS) is 14.8. The second-order valence-electron chi connectivity index (χ2n) is 6.33. The molecule has 2 heteroatoms. The van der Waals surface area contributed by atoms with Crippen LogP contribution in [0.5, 0.6) is 0 Å². The van der Waals surface area contributed by atoms with Gasteiger partial charge in [-0.25, -0.2) is 0 Å². The predicted octanol–water partition coefficient (Wildman–Crippen LogP) is 5.54. The highest BCUT2D eigenvalue weighted by molar-refractivity contribution is 6.20. The molecule has 0 heterocycles. The molecule has 0 amide bonds. The first-order chi connectivity index (χ1) is 9.47. The smallest absolute Gasteiger partial charge is 0.0859 e. The standard InChI is InChI=1S/C18H30ClN/c1-6-9-17(14(4)5)18(19)20-12-15-10-7-8-11-16(15)13(2)3/h7-8,10-11,13-14,17-18,20H,6,9,12H2,1-5H3. The van der Waals surface area contributed by atoms with Crippen LogP contribution in [0.15, 0.2) is 24.3 Å². The average Bonchev–Trinajstić information content (AvgIpc) is 2.42. The Morgan fingerprint density at radius 1 is 1.10 bits per heavy atom. The number of hydrogen-bond donors (Lipinski definition) is 1. The topological polar surface area (TPSA) is 12.0 Å². The van der Waals surface area contributed by atoms with Crippen LogP contribution in [0.2, 0.25) is 0 Å². The van der Waals surface area contributed by atoms with E-state index in [2.05, 4.69) is 64.2 Å². The fourth-order valence-corrected chi connectivity index (χ4v) is 3.26. The van der Waals surface area contributed by atoms with Crippen molar-refractivity contribution in [1.29, 1.82) is 0 Å². The lowest BCUT2D eigenvalue weighted by molar-refractivity contribution is 0.312. The van der Waals surface area contributed by atoms with Crippen molar-refractivity contribution in [1.82, 2.24) is 5.32 Å². The van der Waals surface area contributed by atoms with Crippen LogP contribution in [-0.4, -0.2) is 5.50 Å². The lowest BCUT2D eigenvalue weighted by atomic mass is 9.91. The summed E-state index contributed by atoms with van der Waals surface area (Å²) in [7, 11) is 0. The Hall–Kier alpha value is -0.530. The number of benzene rings is 1. The van der Waals surface area contributed by atoms with Gasteiger partial charge in [0.15, 0.2) is 0 Å². The molecule has 114 valence electrons. The third-order valence-corrected chi connectivity index (χ3v) is 4.50. The van der Waals surface area contributed by atoms with E-state index in [4.69, 9.17) is 11.6 Å². The molecular weight excluding hydrogens is 266 g/mol. The van der Waals surface area contributed by atoms with Crippen molar-refractivity contribution in [2.75, 3.05) is 0 Å². The molecule has 20 heavy (non-hydrogen) atoms. The van der Waals surface area contributed by atoms with Gasteiger partial charge in [-0.2, -0.15) is 0 Å². The van der Waals surface area contributed by atoms with Crippen LogP contribution < -0.4 is 5.32 Å². The van der Waals surface area contributed by atoms with Crippen molar-refractivity contribution in [2.45, 2.75) is 65.4 Å². The van der Waals surface area contributed by atoms with E-state index in [1.54, 1.807) is 0 Å². The van der Waals surface area contributed by atoms with Crippen molar-refractivity contribution < 1.29 is 0 Å². The molecule has 0 aliphatic carbocycles. The molecule has 0 bridgehead atoms. The second kappa shape index (κ2) is 8.69. The van der Waals surface area contributed by atoms with Gasteiger partial charge in [-0.15, -0.1) is 11.6 Å². The van der Waals surface area contributed by atoms with E-state index >= 15 is 0 Å². The quantitative estimate of drug-likeness (QED) is 0.490. The van der Waals surface area contributed by atoms with E-state index < -0.39 is 0 Å². The summed E-state index contributed by atoms with van der Waals surface area (Å²) in [6.45, 7) is 12.1. The van der Waals surface area contributed by atoms with E-state index in [0.29, 0.717) is 17.8 Å². The number of nitrogens with one attached hydrogen (secondary N) is 1. The minimum Gasteiger partial charge on any atom is -0.297 e. The lowest BCUT2D eigenvalue weighted by Gasteiger charge is -2.27. The first-order valence-corrected chi connectivity index (χ1v) is 8.36. The summed E-state index contributed by atoms with van der Waals surface area (Å²) in [5, 5.41) is 3.53. The van der Waals surface area contributed by atoms with E-state index in [9.17, 15) is 0 Å². The summed E-state index contributed by atoms with van der Waals surface area (Å²) in [5.74, 6) is 1.71. The Bertz CT molecular complexity index is 387. The SMILES string of the molecule is CCCC(C(C)C)C(Cl)NCc1ccccc1C(C)C. The second-order valence-corrected chi connectivity index (χ2v) is 6.80. The maximum Gasteiger partial charge on any atom is 0.0859 e. The van der Waals surface area contributed by atoms with E-state index in [-0.39, 0.29) is 5.50 Å². The van der Waals surface area contributed by atoms with Crippen molar-refractivity contribution in [3.63, 3.8) is 0 Å². The van der Waals surface area contributed by atoms with Gasteiger partial charge in [-0.1, -0.05) is 65.3 Å². The largest absolute Gasteiger partial charge is 0.297 e. The zero-order chi connectivity index (χ0) is 15.1. The highest BCUT2D eigenvalue weighted by atomic mass is 35.5. The molecule has 0 radical (unpaired) electrons. The molecule has 0 saturated carbocycles. The Kier molecular flexibility index (Phi) is 7.61. The van der Waals surface area contributed by atoms with Gasteiger partial charge in [0.1, 0.15) is 0 Å². The van der Waals surface area contributed by atoms with Crippen LogP contribution in [0, 0.1) is 11.8 Å². The van der Waals surface area contributed by atoms with Gasteiger partial charge in [0, 0.05) is 6.54 Å². The summed E-state index contributed by atoms with van der Waals surface area (Å²) >= 11 is 6.59. The number of rotatable bonds is 8. The average molecular weight is 296 g/mol. The summed E-state index contributed by atoms with van der Waals surface area (Å²) < 4.78 is 0. The molecule has 2 unspecified atom stereocenters. The van der Waals surface area contributed by atoms with Gasteiger partial charge in [-0.05, 0) is 35.3 Å². The summed E-state index contributed by atoms with van der Waals surface area (Å²) in [6, 6.07) is 8.65.